The summed E-state index contributed by atoms with van der Waals surface area (Å²) in [4.78, 5) is 17.0. The molecule has 0 saturated heterocycles. The number of aromatic nitrogens is 1. The van der Waals surface area contributed by atoms with Gasteiger partial charge >= 0.3 is 5.97 Å². The minimum absolute atomic E-state index is 0.192. The van der Waals surface area contributed by atoms with Crippen LogP contribution in [0.25, 0.3) is 0 Å². The van der Waals surface area contributed by atoms with E-state index in [1.165, 1.54) is 6.07 Å². The highest BCUT2D eigenvalue weighted by molar-refractivity contribution is 5.90. The molecule has 2 aromatic rings. The van der Waals surface area contributed by atoms with E-state index in [-0.39, 0.29) is 5.56 Å². The molecule has 5 nitrogen and oxygen atoms in total. The Morgan fingerprint density at radius 1 is 1.35 bits per heavy atom. The number of aryl methyl sites for hydroxylation is 1. The normalized spacial score (nSPS) is 10.3. The van der Waals surface area contributed by atoms with E-state index in [9.17, 15) is 4.79 Å². The molecule has 3 N–H and O–H groups in total. The van der Waals surface area contributed by atoms with E-state index in [0.717, 1.165) is 16.8 Å². The molecule has 1 aromatic carbocycles. The van der Waals surface area contributed by atoms with Gasteiger partial charge in [-0.15, -0.1) is 0 Å². The summed E-state index contributed by atoms with van der Waals surface area (Å²) in [6.45, 7) is 2.65. The van der Waals surface area contributed by atoms with Crippen LogP contribution >= 0.6 is 0 Å². The van der Waals surface area contributed by atoms with Crippen molar-refractivity contribution in [3.63, 3.8) is 0 Å². The fourth-order valence-corrected chi connectivity index (χ4v) is 2.10. The third-order valence-corrected chi connectivity index (χ3v) is 3.04. The van der Waals surface area contributed by atoms with Crippen LogP contribution in [0, 0.1) is 6.92 Å². The second kappa shape index (κ2) is 5.61. The summed E-state index contributed by atoms with van der Waals surface area (Å²) in [5.41, 5.74) is 9.55. The molecule has 0 radical (unpaired) electrons. The minimum atomic E-state index is -0.978. The van der Waals surface area contributed by atoms with Gasteiger partial charge in [-0.3, -0.25) is 4.98 Å². The standard InChI is InChI=1S/C15H17N3O2/c1-10-5-11(8-17-7-10)9-18(2)14-4-3-12(15(19)20)6-13(14)16/h3-8H,9,16H2,1-2H3,(H,19,20). The lowest BCUT2D eigenvalue weighted by Crippen LogP contribution is -2.18. The van der Waals surface area contributed by atoms with Crippen molar-refractivity contribution in [1.29, 1.82) is 0 Å². The molecule has 104 valence electrons. The van der Waals surface area contributed by atoms with Crippen LogP contribution in [0.4, 0.5) is 11.4 Å². The molecule has 0 aliphatic heterocycles. The molecule has 0 fully saturated rings. The number of anilines is 2. The molecule has 1 heterocycles. The third-order valence-electron chi connectivity index (χ3n) is 3.04. The Morgan fingerprint density at radius 3 is 2.70 bits per heavy atom. The van der Waals surface area contributed by atoms with Gasteiger partial charge in [0.1, 0.15) is 0 Å². The van der Waals surface area contributed by atoms with E-state index >= 15 is 0 Å². The van der Waals surface area contributed by atoms with Crippen molar-refractivity contribution in [3.8, 4) is 0 Å². The first kappa shape index (κ1) is 13.9. The first-order chi connectivity index (χ1) is 9.47. The number of carboxylic acids is 1. The molecule has 0 saturated carbocycles. The van der Waals surface area contributed by atoms with Crippen molar-refractivity contribution < 1.29 is 9.90 Å². The summed E-state index contributed by atoms with van der Waals surface area (Å²) in [6.07, 6.45) is 3.62. The monoisotopic (exact) mass is 271 g/mol. The van der Waals surface area contributed by atoms with Gasteiger partial charge in [-0.05, 0) is 36.2 Å². The van der Waals surface area contributed by atoms with Crippen LogP contribution in [0.2, 0.25) is 0 Å². The molecule has 20 heavy (non-hydrogen) atoms. The predicted octanol–water partition coefficient (Wildman–Crippen LogP) is 2.31. The number of nitrogens with two attached hydrogens (primary N) is 1. The van der Waals surface area contributed by atoms with Crippen LogP contribution in [0.1, 0.15) is 21.5 Å². The number of nitrogens with zero attached hydrogens (tertiary/aromatic N) is 2. The summed E-state index contributed by atoms with van der Waals surface area (Å²) in [5.74, 6) is -0.978. The molecule has 2 rings (SSSR count). The Bertz CT molecular complexity index is 641. The molecule has 0 aliphatic carbocycles. The molecule has 0 spiro atoms. The van der Waals surface area contributed by atoms with E-state index in [4.69, 9.17) is 10.8 Å². The lowest BCUT2D eigenvalue weighted by atomic mass is 10.1. The maximum atomic E-state index is 10.9. The average Bonchev–Trinajstić information content (AvgIpc) is 2.38. The molecule has 5 heteroatoms. The zero-order valence-corrected chi connectivity index (χ0v) is 11.5. The summed E-state index contributed by atoms with van der Waals surface area (Å²) >= 11 is 0. The molecule has 0 unspecified atom stereocenters. The van der Waals surface area contributed by atoms with Crippen molar-refractivity contribution in [2.24, 2.45) is 0 Å². The molecule has 1 aromatic heterocycles. The second-order valence-electron chi connectivity index (χ2n) is 4.81. The lowest BCUT2D eigenvalue weighted by Gasteiger charge is -2.21. The van der Waals surface area contributed by atoms with Crippen LogP contribution < -0.4 is 10.6 Å². The average molecular weight is 271 g/mol. The molecule has 0 aliphatic rings. The topological polar surface area (TPSA) is 79.5 Å². The Labute approximate surface area is 117 Å². The Balaban J connectivity index is 2.21. The minimum Gasteiger partial charge on any atom is -0.478 e. The zero-order valence-electron chi connectivity index (χ0n) is 11.5. The van der Waals surface area contributed by atoms with Gasteiger partial charge in [0.15, 0.2) is 0 Å². The van der Waals surface area contributed by atoms with Crippen molar-refractivity contribution in [2.45, 2.75) is 13.5 Å². The van der Waals surface area contributed by atoms with Gasteiger partial charge in [0, 0.05) is 26.0 Å². The van der Waals surface area contributed by atoms with Gasteiger partial charge in [-0.25, -0.2) is 4.79 Å². The fraction of sp³-hybridized carbons (Fsp3) is 0.200. The number of pyridine rings is 1. The highest BCUT2D eigenvalue weighted by Gasteiger charge is 2.10. The number of carbonyl (C=O) groups is 1. The van der Waals surface area contributed by atoms with Gasteiger partial charge in [0.25, 0.3) is 0 Å². The SMILES string of the molecule is Cc1cncc(CN(C)c2ccc(C(=O)O)cc2N)c1. The van der Waals surface area contributed by atoms with E-state index in [1.54, 1.807) is 18.3 Å². The van der Waals surface area contributed by atoms with Crippen LogP contribution in [0.3, 0.4) is 0 Å². The van der Waals surface area contributed by atoms with Crippen LogP contribution in [0.15, 0.2) is 36.7 Å². The quantitative estimate of drug-likeness (QED) is 0.834. The maximum absolute atomic E-state index is 10.9. The van der Waals surface area contributed by atoms with Crippen molar-refractivity contribution in [1.82, 2.24) is 4.98 Å². The van der Waals surface area contributed by atoms with Crippen LogP contribution in [0.5, 0.6) is 0 Å². The van der Waals surface area contributed by atoms with E-state index in [1.807, 2.05) is 25.1 Å². The summed E-state index contributed by atoms with van der Waals surface area (Å²) in [7, 11) is 1.91. The number of aromatic carboxylic acids is 1. The van der Waals surface area contributed by atoms with Crippen molar-refractivity contribution in [2.75, 3.05) is 17.7 Å². The Morgan fingerprint density at radius 2 is 2.10 bits per heavy atom. The number of hydrogen-bond donors (Lipinski definition) is 2. The van der Waals surface area contributed by atoms with Gasteiger partial charge in [-0.2, -0.15) is 0 Å². The molecule has 0 amide bonds. The zero-order chi connectivity index (χ0) is 14.7. The number of rotatable bonds is 4. The Hall–Kier alpha value is -2.56. The van der Waals surface area contributed by atoms with E-state index < -0.39 is 5.97 Å². The lowest BCUT2D eigenvalue weighted by molar-refractivity contribution is 0.0697. The van der Waals surface area contributed by atoms with E-state index in [0.29, 0.717) is 12.2 Å². The third kappa shape index (κ3) is 3.06. The highest BCUT2D eigenvalue weighted by atomic mass is 16.4. The van der Waals surface area contributed by atoms with Gasteiger partial charge in [0.2, 0.25) is 0 Å². The van der Waals surface area contributed by atoms with Crippen LogP contribution in [-0.4, -0.2) is 23.1 Å². The largest absolute Gasteiger partial charge is 0.478 e. The maximum Gasteiger partial charge on any atom is 0.335 e. The number of hydrogen-bond acceptors (Lipinski definition) is 4. The summed E-state index contributed by atoms with van der Waals surface area (Å²) < 4.78 is 0. The van der Waals surface area contributed by atoms with Crippen molar-refractivity contribution in [3.05, 3.63) is 53.3 Å². The van der Waals surface area contributed by atoms with Gasteiger partial charge in [0.05, 0.1) is 16.9 Å². The first-order valence-corrected chi connectivity index (χ1v) is 6.22. The number of carboxylic acid groups (broad SMARTS) is 1. The first-order valence-electron chi connectivity index (χ1n) is 6.22. The highest BCUT2D eigenvalue weighted by Crippen LogP contribution is 2.24. The fourth-order valence-electron chi connectivity index (χ4n) is 2.10. The van der Waals surface area contributed by atoms with Crippen molar-refractivity contribution >= 4 is 17.3 Å². The van der Waals surface area contributed by atoms with E-state index in [2.05, 4.69) is 11.1 Å². The Kier molecular flexibility index (Phi) is 3.89. The molecule has 0 atom stereocenters. The van der Waals surface area contributed by atoms with Gasteiger partial charge in [-0.1, -0.05) is 6.07 Å². The van der Waals surface area contributed by atoms with Crippen LogP contribution in [-0.2, 0) is 6.54 Å². The molecular weight excluding hydrogens is 254 g/mol. The second-order valence-corrected chi connectivity index (χ2v) is 4.81. The number of benzene rings is 1. The molecular formula is C15H17N3O2. The molecule has 0 bridgehead atoms. The smallest absolute Gasteiger partial charge is 0.335 e. The predicted molar refractivity (Wildman–Crippen MR) is 78.9 cm³/mol. The summed E-state index contributed by atoms with van der Waals surface area (Å²) in [6, 6.07) is 6.81. The summed E-state index contributed by atoms with van der Waals surface area (Å²) in [5, 5.41) is 8.93. The number of nitrogen functional groups attached to an aromatic ring is 1. The van der Waals surface area contributed by atoms with Gasteiger partial charge < -0.3 is 15.7 Å².